The van der Waals surface area contributed by atoms with Gasteiger partial charge in [0, 0.05) is 22.4 Å². The van der Waals surface area contributed by atoms with Crippen LogP contribution in [0, 0.1) is 0 Å². The molecule has 0 aromatic carbocycles. The van der Waals surface area contributed by atoms with Crippen LogP contribution in [0.5, 0.6) is 0 Å². The molecule has 0 atom stereocenters. The Bertz CT molecular complexity index is 7.10. The van der Waals surface area contributed by atoms with Gasteiger partial charge in [0.1, 0.15) is 0 Å². The molecule has 0 saturated carbocycles. The van der Waals surface area contributed by atoms with Crippen molar-refractivity contribution in [2.24, 2.45) is 0 Å². The molecule has 0 aromatic heterocycles. The molecule has 51 heavy (non-hydrogen) atoms. The zero-order chi connectivity index (χ0) is 0. The molecule has 0 rings (SSSR count). The predicted molar refractivity (Wildman–Crippen MR) is 181 cm³/mol. The fourth-order valence-corrected chi connectivity index (χ4v) is 0. The molecule has 100 N–H and O–H groups in total. The Morgan fingerprint density at radius 3 is 0.0392 bits per heavy atom. The van der Waals surface area contributed by atoms with Crippen molar-refractivity contribution in [1.82, 2.24) is 0 Å². The summed E-state index contributed by atoms with van der Waals surface area (Å²) in [6.07, 6.45) is 0. The summed E-state index contributed by atoms with van der Waals surface area (Å²) in [5, 5.41) is 0. The smallest absolute Gasteiger partial charge is 0 e. The molecule has 411 valence electrons. The molecule has 0 spiro atoms. The first-order valence-corrected chi connectivity index (χ1v) is 0. The average Bonchev–Trinajstić information content (AvgIpc) is 0. The third kappa shape index (κ3) is 67100. The van der Waals surface area contributed by atoms with Crippen LogP contribution in [-0.4, -0.2) is 274 Å². The molecule has 0 aliphatic heterocycles. The van der Waals surface area contributed by atoms with Crippen molar-refractivity contribution in [3.05, 3.63) is 0 Å². The van der Waals surface area contributed by atoms with Gasteiger partial charge in [0.25, 0.3) is 0 Å². The topological polar surface area (TPSA) is 1580 Å². The molecule has 0 saturated heterocycles. The summed E-state index contributed by atoms with van der Waals surface area (Å²) in [6.45, 7) is 0. The van der Waals surface area contributed by atoms with E-state index in [0.717, 1.165) is 0 Å². The first-order chi connectivity index (χ1) is 0. The molecule has 0 bridgehead atoms. The maximum atomic E-state index is 0. The number of rotatable bonds is 0. The third-order valence-electron chi connectivity index (χ3n) is 0. The van der Waals surface area contributed by atoms with E-state index >= 15 is 0 Å². The molecular weight excluding hydrogens is 908 g/mol. The van der Waals surface area contributed by atoms with Crippen LogP contribution in [0.15, 0.2) is 0 Å². The summed E-state index contributed by atoms with van der Waals surface area (Å²) in [6, 6.07) is 0. The van der Waals surface area contributed by atoms with E-state index in [1.165, 1.54) is 0 Å². The van der Waals surface area contributed by atoms with Crippen molar-refractivity contribution >= 4 is 0 Å². The van der Waals surface area contributed by atoms with Gasteiger partial charge in [0.2, 0.25) is 0 Å². The second kappa shape index (κ2) is 70000. The van der Waals surface area contributed by atoms with Gasteiger partial charge in [-0.15, -0.1) is 0 Å². The van der Waals surface area contributed by atoms with Crippen molar-refractivity contribution in [2.75, 3.05) is 0 Å². The van der Waals surface area contributed by atoms with Crippen molar-refractivity contribution in [3.8, 4) is 0 Å². The maximum absolute atomic E-state index is 0. The molecule has 1 radical (unpaired) electrons. The Balaban J connectivity index is 0. The van der Waals surface area contributed by atoms with Crippen LogP contribution in [0.1, 0.15) is 0 Å². The van der Waals surface area contributed by atoms with Gasteiger partial charge in [0.05, 0.1) is 0 Å². The van der Waals surface area contributed by atoms with Crippen molar-refractivity contribution < 1.29 is 296 Å². The molecular formula is H100AgO50. The minimum absolute atomic E-state index is 0. The Labute approximate surface area is 297 Å². The Hall–Kier alpha value is -1.26. The minimum Gasteiger partial charge on any atom is -0.412 e. The zero-order valence-corrected chi connectivity index (χ0v) is 26.8. The van der Waals surface area contributed by atoms with E-state index in [4.69, 9.17) is 0 Å². The number of hydrogen-bond acceptors (Lipinski definition) is 0. The van der Waals surface area contributed by atoms with Gasteiger partial charge < -0.3 is 274 Å². The molecule has 0 aliphatic carbocycles. The fourth-order valence-electron chi connectivity index (χ4n) is 0. The molecule has 50 nitrogen and oxygen atoms in total. The van der Waals surface area contributed by atoms with Crippen molar-refractivity contribution in [2.45, 2.75) is 0 Å². The zero-order valence-electron chi connectivity index (χ0n) is 25.3. The summed E-state index contributed by atoms with van der Waals surface area (Å²) < 4.78 is 0. The van der Waals surface area contributed by atoms with Gasteiger partial charge in [-0.3, -0.25) is 0 Å². The van der Waals surface area contributed by atoms with Crippen LogP contribution < -0.4 is 0 Å². The van der Waals surface area contributed by atoms with Gasteiger partial charge >= 0.3 is 0 Å². The molecule has 0 aliphatic rings. The second-order valence-electron chi connectivity index (χ2n) is 0. The SMILES string of the molecule is O.O.O.O.O.O.O.O.O.O.O.O.O.O.O.O.O.O.O.O.O.O.O.O.O.O.O.O.O.O.O.O.O.O.O.O.O.O.O.O.O.O.O.O.O.O.O.O.O.O.[Ag]. The van der Waals surface area contributed by atoms with E-state index < -0.39 is 0 Å². The molecule has 0 heterocycles. The van der Waals surface area contributed by atoms with E-state index in [0.29, 0.717) is 0 Å². The van der Waals surface area contributed by atoms with Gasteiger partial charge in [-0.05, 0) is 0 Å². The minimum atomic E-state index is 0. The Kier molecular flexibility index (Phi) is 102000000. The predicted octanol–water partition coefficient (Wildman–Crippen LogP) is -41.2. The molecule has 0 fully saturated rings. The van der Waals surface area contributed by atoms with Crippen LogP contribution >= 0.6 is 0 Å². The Morgan fingerprint density at radius 1 is 0.0392 bits per heavy atom. The standard InChI is InChI=1S/Ag.50H2O/h;50*1H2. The van der Waals surface area contributed by atoms with Crippen LogP contribution in [0.3, 0.4) is 0 Å². The van der Waals surface area contributed by atoms with Crippen molar-refractivity contribution in [3.63, 3.8) is 0 Å². The molecule has 0 amide bonds. The van der Waals surface area contributed by atoms with E-state index in [1.807, 2.05) is 0 Å². The normalized spacial score (nSPS) is 0. The molecule has 0 unspecified atom stereocenters. The fraction of sp³-hybridized carbons (Fsp3) is 0. The van der Waals surface area contributed by atoms with Gasteiger partial charge in [-0.25, -0.2) is 0 Å². The summed E-state index contributed by atoms with van der Waals surface area (Å²) in [7, 11) is 0. The van der Waals surface area contributed by atoms with Gasteiger partial charge in [-0.2, -0.15) is 0 Å². The first kappa shape index (κ1) is 74500. The quantitative estimate of drug-likeness (QED) is 0.204. The van der Waals surface area contributed by atoms with E-state index in [1.54, 1.807) is 0 Å². The van der Waals surface area contributed by atoms with Gasteiger partial charge in [-0.1, -0.05) is 0 Å². The monoisotopic (exact) mass is 1010 g/mol. The Morgan fingerprint density at radius 2 is 0.0392 bits per heavy atom. The van der Waals surface area contributed by atoms with E-state index in [-0.39, 0.29) is 296 Å². The summed E-state index contributed by atoms with van der Waals surface area (Å²) in [5.74, 6) is 0. The second-order valence-corrected chi connectivity index (χ2v) is 0. The first-order valence-electron chi connectivity index (χ1n) is 0. The average molecular weight is 1010 g/mol. The van der Waals surface area contributed by atoms with Crippen LogP contribution in [-0.2, 0) is 22.4 Å². The van der Waals surface area contributed by atoms with Crippen LogP contribution in [0.4, 0.5) is 0 Å². The van der Waals surface area contributed by atoms with E-state index in [2.05, 4.69) is 0 Å². The molecule has 0 aromatic rings. The van der Waals surface area contributed by atoms with Crippen LogP contribution in [0.2, 0.25) is 0 Å². The van der Waals surface area contributed by atoms with Crippen LogP contribution in [0.25, 0.3) is 0 Å². The third-order valence-corrected chi connectivity index (χ3v) is 0. The van der Waals surface area contributed by atoms with E-state index in [9.17, 15) is 0 Å². The summed E-state index contributed by atoms with van der Waals surface area (Å²) in [4.78, 5) is 0. The summed E-state index contributed by atoms with van der Waals surface area (Å²) in [5.41, 5.74) is 0. The number of hydrogen-bond donors (Lipinski definition) is 0. The largest absolute Gasteiger partial charge is 0.412 e. The molecule has 51 heteroatoms. The maximum Gasteiger partial charge on any atom is 0 e. The van der Waals surface area contributed by atoms with Crippen molar-refractivity contribution in [1.29, 1.82) is 0 Å². The summed E-state index contributed by atoms with van der Waals surface area (Å²) >= 11 is 0. The van der Waals surface area contributed by atoms with Gasteiger partial charge in [0.15, 0.2) is 0 Å².